The van der Waals surface area contributed by atoms with Crippen molar-refractivity contribution in [3.63, 3.8) is 0 Å². The normalized spacial score (nSPS) is 24.6. The van der Waals surface area contributed by atoms with E-state index in [1.54, 1.807) is 0 Å². The fourth-order valence-electron chi connectivity index (χ4n) is 2.27. The number of halogens is 2. The lowest BCUT2D eigenvalue weighted by Gasteiger charge is -2.30. The molecule has 2 nitrogen and oxygen atoms in total. The van der Waals surface area contributed by atoms with E-state index in [2.05, 4.69) is 21.2 Å². The third-order valence-corrected chi connectivity index (χ3v) is 5.48. The summed E-state index contributed by atoms with van der Waals surface area (Å²) in [7, 11) is 0. The lowest BCUT2D eigenvalue weighted by atomic mass is 9.86. The molecule has 0 saturated heterocycles. The van der Waals surface area contributed by atoms with E-state index >= 15 is 0 Å². The second-order valence-corrected chi connectivity index (χ2v) is 6.46. The minimum Gasteiger partial charge on any atom is -0.348 e. The van der Waals surface area contributed by atoms with Gasteiger partial charge in [0.15, 0.2) is 0 Å². The van der Waals surface area contributed by atoms with Crippen molar-refractivity contribution in [1.29, 1.82) is 0 Å². The highest BCUT2D eigenvalue weighted by atomic mass is 79.9. The summed E-state index contributed by atoms with van der Waals surface area (Å²) in [6.07, 6.45) is 4.59. The van der Waals surface area contributed by atoms with Crippen molar-refractivity contribution in [3.05, 3.63) is 20.8 Å². The van der Waals surface area contributed by atoms with Gasteiger partial charge in [0, 0.05) is 16.4 Å². The molecular weight excluding hydrogens is 322 g/mol. The average molecular weight is 337 g/mol. The van der Waals surface area contributed by atoms with Gasteiger partial charge in [-0.3, -0.25) is 4.79 Å². The molecule has 2 rings (SSSR count). The number of carbonyl (C=O) groups excluding carboxylic acids is 1. The van der Waals surface area contributed by atoms with E-state index < -0.39 is 0 Å². The minimum atomic E-state index is 0.0221. The summed E-state index contributed by atoms with van der Waals surface area (Å²) in [5.74, 6) is 1.08. The Morgan fingerprint density at radius 2 is 2.29 bits per heavy atom. The molecule has 0 aromatic carbocycles. The molecule has 1 N–H and O–H groups in total. The lowest BCUT2D eigenvalue weighted by molar-refractivity contribution is 0.0914. The van der Waals surface area contributed by atoms with E-state index in [0.717, 1.165) is 22.2 Å². The molecule has 94 valence electrons. The molecule has 1 fully saturated rings. The molecule has 1 aliphatic rings. The number of thiophene rings is 1. The Bertz CT molecular complexity index is 396. The average Bonchev–Trinajstić information content (AvgIpc) is 2.76. The zero-order valence-electron chi connectivity index (χ0n) is 9.42. The first-order valence-corrected chi connectivity index (χ1v) is 8.03. The van der Waals surface area contributed by atoms with Crippen LogP contribution in [0.3, 0.4) is 0 Å². The number of carbonyl (C=O) groups is 1. The first kappa shape index (κ1) is 13.4. The molecule has 0 bridgehead atoms. The summed E-state index contributed by atoms with van der Waals surface area (Å²) in [6, 6.07) is 2.14. The van der Waals surface area contributed by atoms with Gasteiger partial charge >= 0.3 is 0 Å². The van der Waals surface area contributed by atoms with Crippen molar-refractivity contribution in [2.45, 2.75) is 31.7 Å². The lowest BCUT2D eigenvalue weighted by Crippen LogP contribution is -2.42. The summed E-state index contributed by atoms with van der Waals surface area (Å²) in [4.78, 5) is 12.8. The van der Waals surface area contributed by atoms with E-state index in [-0.39, 0.29) is 11.9 Å². The Hall–Kier alpha value is -0.0600. The first-order valence-electron chi connectivity index (χ1n) is 5.82. The van der Waals surface area contributed by atoms with Crippen LogP contribution in [0.25, 0.3) is 0 Å². The van der Waals surface area contributed by atoms with Crippen LogP contribution in [0.5, 0.6) is 0 Å². The Labute approximate surface area is 119 Å². The van der Waals surface area contributed by atoms with Crippen LogP contribution in [0.2, 0.25) is 0 Å². The molecule has 1 aromatic heterocycles. The van der Waals surface area contributed by atoms with Gasteiger partial charge in [0.05, 0.1) is 0 Å². The zero-order valence-corrected chi connectivity index (χ0v) is 12.6. The van der Waals surface area contributed by atoms with Crippen molar-refractivity contribution < 1.29 is 4.79 Å². The summed E-state index contributed by atoms with van der Waals surface area (Å²) in [5, 5.41) is 5.04. The molecule has 2 atom stereocenters. The van der Waals surface area contributed by atoms with E-state index in [1.807, 2.05) is 11.4 Å². The van der Waals surface area contributed by atoms with Gasteiger partial charge in [-0.05, 0) is 46.1 Å². The Morgan fingerprint density at radius 3 is 2.94 bits per heavy atom. The van der Waals surface area contributed by atoms with Crippen LogP contribution in [0.15, 0.2) is 15.9 Å². The highest BCUT2D eigenvalue weighted by molar-refractivity contribution is 9.10. The molecule has 2 unspecified atom stereocenters. The summed E-state index contributed by atoms with van der Waals surface area (Å²) < 4.78 is 0.873. The summed E-state index contributed by atoms with van der Waals surface area (Å²) >= 11 is 10.8. The largest absolute Gasteiger partial charge is 0.348 e. The maximum atomic E-state index is 12.1. The van der Waals surface area contributed by atoms with Gasteiger partial charge in [0.25, 0.3) is 5.91 Å². The second-order valence-electron chi connectivity index (χ2n) is 4.38. The molecule has 1 aliphatic carbocycles. The van der Waals surface area contributed by atoms with Crippen molar-refractivity contribution >= 4 is 44.8 Å². The quantitative estimate of drug-likeness (QED) is 0.829. The van der Waals surface area contributed by atoms with Crippen LogP contribution in [0.4, 0.5) is 0 Å². The number of hydrogen-bond acceptors (Lipinski definition) is 2. The third-order valence-electron chi connectivity index (χ3n) is 3.25. The minimum absolute atomic E-state index is 0.0221. The van der Waals surface area contributed by atoms with Crippen LogP contribution in [-0.4, -0.2) is 17.8 Å². The van der Waals surface area contributed by atoms with E-state index in [4.69, 9.17) is 11.6 Å². The van der Waals surface area contributed by atoms with Gasteiger partial charge in [0.2, 0.25) is 0 Å². The number of rotatable bonds is 3. The maximum Gasteiger partial charge on any atom is 0.262 e. The molecule has 0 spiro atoms. The van der Waals surface area contributed by atoms with E-state index in [1.165, 1.54) is 24.2 Å². The Kier molecular flexibility index (Phi) is 4.88. The first-order chi connectivity index (χ1) is 8.22. The smallest absolute Gasteiger partial charge is 0.262 e. The van der Waals surface area contributed by atoms with Crippen molar-refractivity contribution in [1.82, 2.24) is 5.32 Å². The van der Waals surface area contributed by atoms with Crippen LogP contribution in [0.1, 0.15) is 35.4 Å². The zero-order chi connectivity index (χ0) is 12.3. The predicted molar refractivity (Wildman–Crippen MR) is 76.0 cm³/mol. The number of amides is 1. The van der Waals surface area contributed by atoms with Gasteiger partial charge < -0.3 is 5.32 Å². The van der Waals surface area contributed by atoms with Crippen molar-refractivity contribution in [3.8, 4) is 0 Å². The third kappa shape index (κ3) is 3.24. The SMILES string of the molecule is O=C(NC1CCCCC1CCl)c1sccc1Br. The van der Waals surface area contributed by atoms with Gasteiger partial charge in [-0.1, -0.05) is 12.8 Å². The molecule has 1 heterocycles. The van der Waals surface area contributed by atoms with Crippen LogP contribution in [-0.2, 0) is 0 Å². The Balaban J connectivity index is 2.00. The number of nitrogens with one attached hydrogen (secondary N) is 1. The molecule has 0 aliphatic heterocycles. The van der Waals surface area contributed by atoms with Gasteiger partial charge in [-0.2, -0.15) is 0 Å². The molecular formula is C12H15BrClNOS. The highest BCUT2D eigenvalue weighted by Gasteiger charge is 2.26. The predicted octanol–water partition coefficient (Wildman–Crippen LogP) is 4.04. The van der Waals surface area contributed by atoms with Crippen molar-refractivity contribution in [2.75, 3.05) is 5.88 Å². The highest BCUT2D eigenvalue weighted by Crippen LogP contribution is 2.27. The molecule has 17 heavy (non-hydrogen) atoms. The fraction of sp³-hybridized carbons (Fsp3) is 0.583. The molecule has 5 heteroatoms. The number of alkyl halides is 1. The molecule has 0 radical (unpaired) electrons. The number of hydrogen-bond donors (Lipinski definition) is 1. The maximum absolute atomic E-state index is 12.1. The van der Waals surface area contributed by atoms with E-state index in [0.29, 0.717) is 11.8 Å². The van der Waals surface area contributed by atoms with Crippen LogP contribution < -0.4 is 5.32 Å². The van der Waals surface area contributed by atoms with Gasteiger partial charge in [-0.15, -0.1) is 22.9 Å². The monoisotopic (exact) mass is 335 g/mol. The Morgan fingerprint density at radius 1 is 1.53 bits per heavy atom. The van der Waals surface area contributed by atoms with Crippen LogP contribution in [0, 0.1) is 5.92 Å². The fourth-order valence-corrected chi connectivity index (χ4v) is 4.10. The molecule has 1 saturated carbocycles. The van der Waals surface area contributed by atoms with E-state index in [9.17, 15) is 4.79 Å². The summed E-state index contributed by atoms with van der Waals surface area (Å²) in [6.45, 7) is 0. The second kappa shape index (κ2) is 6.21. The topological polar surface area (TPSA) is 29.1 Å². The standard InChI is InChI=1S/C12H15BrClNOS/c13-9-5-6-17-11(9)12(16)15-10-4-2-1-3-8(10)7-14/h5-6,8,10H,1-4,7H2,(H,15,16). The molecule has 1 amide bonds. The van der Waals surface area contributed by atoms with Gasteiger partial charge in [-0.25, -0.2) is 0 Å². The summed E-state index contributed by atoms with van der Waals surface area (Å²) in [5.41, 5.74) is 0. The van der Waals surface area contributed by atoms with Crippen LogP contribution >= 0.6 is 38.9 Å². The molecule has 1 aromatic rings. The van der Waals surface area contributed by atoms with Crippen molar-refractivity contribution in [2.24, 2.45) is 5.92 Å². The van der Waals surface area contributed by atoms with Gasteiger partial charge in [0.1, 0.15) is 4.88 Å².